The lowest BCUT2D eigenvalue weighted by Gasteiger charge is -2.22. The number of unbranched alkanes of at least 4 members (excludes halogenated alkanes) is 4. The monoisotopic (exact) mass is 368 g/mol. The van der Waals surface area contributed by atoms with Crippen molar-refractivity contribution < 1.29 is 24.5 Å². The number of aliphatic hydroxyl groups is 2. The molecule has 0 bridgehead atoms. The summed E-state index contributed by atoms with van der Waals surface area (Å²) in [6, 6.07) is 0. The summed E-state index contributed by atoms with van der Waals surface area (Å²) in [6.45, 7) is 2.13. The minimum atomic E-state index is -0.644. The van der Waals surface area contributed by atoms with Crippen LogP contribution in [0.2, 0.25) is 0 Å². The van der Waals surface area contributed by atoms with Crippen molar-refractivity contribution in [3.63, 3.8) is 0 Å². The van der Waals surface area contributed by atoms with Gasteiger partial charge in [0.1, 0.15) is 5.78 Å². The lowest BCUT2D eigenvalue weighted by atomic mass is 9.86. The second-order valence-corrected chi connectivity index (χ2v) is 7.39. The number of ketones is 1. The molecule has 0 saturated heterocycles. The highest BCUT2D eigenvalue weighted by Crippen LogP contribution is 2.34. The van der Waals surface area contributed by atoms with Gasteiger partial charge in [-0.15, -0.1) is 0 Å². The Morgan fingerprint density at radius 3 is 2.62 bits per heavy atom. The van der Waals surface area contributed by atoms with Gasteiger partial charge in [-0.25, -0.2) is 0 Å². The number of allylic oxidation sites excluding steroid dienone is 1. The topological polar surface area (TPSA) is 83.8 Å². The van der Waals surface area contributed by atoms with Gasteiger partial charge in [0.15, 0.2) is 0 Å². The second kappa shape index (κ2) is 13.0. The molecule has 1 saturated carbocycles. The van der Waals surface area contributed by atoms with Crippen molar-refractivity contribution in [2.75, 3.05) is 7.11 Å². The lowest BCUT2D eigenvalue weighted by Crippen LogP contribution is -2.28. The van der Waals surface area contributed by atoms with Gasteiger partial charge in [-0.3, -0.25) is 9.59 Å². The van der Waals surface area contributed by atoms with Crippen molar-refractivity contribution >= 4 is 11.8 Å². The van der Waals surface area contributed by atoms with Crippen molar-refractivity contribution in [1.82, 2.24) is 0 Å². The summed E-state index contributed by atoms with van der Waals surface area (Å²) in [5, 5.41) is 20.5. The van der Waals surface area contributed by atoms with Crippen LogP contribution >= 0.6 is 0 Å². The van der Waals surface area contributed by atoms with Crippen molar-refractivity contribution in [3.05, 3.63) is 12.2 Å². The number of ether oxygens (including phenoxy) is 1. The van der Waals surface area contributed by atoms with Gasteiger partial charge in [0.2, 0.25) is 0 Å². The Labute approximate surface area is 157 Å². The van der Waals surface area contributed by atoms with E-state index in [-0.39, 0.29) is 23.6 Å². The first-order valence-corrected chi connectivity index (χ1v) is 10.1. The second-order valence-electron chi connectivity index (χ2n) is 7.39. The van der Waals surface area contributed by atoms with E-state index in [0.717, 1.165) is 51.4 Å². The molecule has 0 amide bonds. The SMILES string of the molecule is CCCCCC(O)C=CC1CCC(=O)C1C(O)CCCCCC(=O)OC. The van der Waals surface area contributed by atoms with E-state index in [4.69, 9.17) is 0 Å². The van der Waals surface area contributed by atoms with Gasteiger partial charge in [0.25, 0.3) is 0 Å². The molecule has 0 aromatic rings. The molecule has 0 aromatic carbocycles. The van der Waals surface area contributed by atoms with E-state index in [2.05, 4.69) is 11.7 Å². The quantitative estimate of drug-likeness (QED) is 0.295. The van der Waals surface area contributed by atoms with Gasteiger partial charge in [-0.05, 0) is 31.6 Å². The molecular formula is C21H36O5. The van der Waals surface area contributed by atoms with E-state index in [1.54, 1.807) is 6.08 Å². The largest absolute Gasteiger partial charge is 0.469 e. The molecule has 26 heavy (non-hydrogen) atoms. The molecule has 4 atom stereocenters. The van der Waals surface area contributed by atoms with E-state index in [9.17, 15) is 19.8 Å². The lowest BCUT2D eigenvalue weighted by molar-refractivity contribution is -0.140. The molecule has 0 aromatic heterocycles. The molecule has 2 N–H and O–H groups in total. The third-order valence-electron chi connectivity index (χ3n) is 5.26. The summed E-state index contributed by atoms with van der Waals surface area (Å²) in [7, 11) is 1.38. The van der Waals surface area contributed by atoms with Crippen molar-refractivity contribution in [3.8, 4) is 0 Å². The first-order chi connectivity index (χ1) is 12.5. The maximum Gasteiger partial charge on any atom is 0.305 e. The maximum atomic E-state index is 12.2. The number of aliphatic hydroxyl groups excluding tert-OH is 2. The minimum Gasteiger partial charge on any atom is -0.469 e. The van der Waals surface area contributed by atoms with Crippen LogP contribution in [-0.2, 0) is 14.3 Å². The van der Waals surface area contributed by atoms with Gasteiger partial charge in [-0.1, -0.05) is 51.2 Å². The Bertz CT molecular complexity index is 446. The minimum absolute atomic E-state index is 0.0217. The summed E-state index contributed by atoms with van der Waals surface area (Å²) in [4.78, 5) is 23.3. The molecule has 1 aliphatic carbocycles. The third-order valence-corrected chi connectivity index (χ3v) is 5.26. The maximum absolute atomic E-state index is 12.2. The highest BCUT2D eigenvalue weighted by molar-refractivity contribution is 5.84. The standard InChI is InChI=1S/C21H36O5/c1-3-4-6-9-17(22)14-12-16-13-15-19(24)21(16)18(23)10-7-5-8-11-20(25)26-2/h12,14,16-18,21-23H,3-11,13,15H2,1-2H3. The van der Waals surface area contributed by atoms with Crippen LogP contribution in [0, 0.1) is 11.8 Å². The van der Waals surface area contributed by atoms with Crippen molar-refractivity contribution in [2.45, 2.75) is 89.8 Å². The molecule has 5 heteroatoms. The molecule has 4 unspecified atom stereocenters. The molecule has 1 fully saturated rings. The fourth-order valence-electron chi connectivity index (χ4n) is 3.66. The van der Waals surface area contributed by atoms with Crippen LogP contribution in [0.3, 0.4) is 0 Å². The number of Topliss-reactive ketones (excluding diaryl/α,β-unsaturated/α-hetero) is 1. The smallest absolute Gasteiger partial charge is 0.305 e. The molecule has 5 nitrogen and oxygen atoms in total. The van der Waals surface area contributed by atoms with Crippen molar-refractivity contribution in [2.24, 2.45) is 11.8 Å². The molecule has 1 rings (SSSR count). The average Bonchev–Trinajstić information content (AvgIpc) is 3.00. The summed E-state index contributed by atoms with van der Waals surface area (Å²) in [5.41, 5.74) is 0. The molecule has 1 aliphatic rings. The van der Waals surface area contributed by atoms with Gasteiger partial charge >= 0.3 is 5.97 Å². The predicted molar refractivity (Wildman–Crippen MR) is 102 cm³/mol. The molecular weight excluding hydrogens is 332 g/mol. The highest BCUT2D eigenvalue weighted by atomic mass is 16.5. The number of carbonyl (C=O) groups is 2. The van der Waals surface area contributed by atoms with Gasteiger partial charge in [0.05, 0.1) is 19.3 Å². The molecule has 0 spiro atoms. The van der Waals surface area contributed by atoms with Crippen molar-refractivity contribution in [1.29, 1.82) is 0 Å². The average molecular weight is 369 g/mol. The van der Waals surface area contributed by atoms with E-state index >= 15 is 0 Å². The summed E-state index contributed by atoms with van der Waals surface area (Å²) < 4.78 is 4.60. The zero-order valence-electron chi connectivity index (χ0n) is 16.4. The van der Waals surface area contributed by atoms with E-state index in [1.165, 1.54) is 7.11 Å². The summed E-state index contributed by atoms with van der Waals surface area (Å²) >= 11 is 0. The summed E-state index contributed by atoms with van der Waals surface area (Å²) in [6.07, 6.45) is 11.2. The van der Waals surface area contributed by atoms with Crippen LogP contribution in [-0.4, -0.2) is 41.3 Å². The van der Waals surface area contributed by atoms with Crippen LogP contribution in [0.15, 0.2) is 12.2 Å². The number of methoxy groups -OCH3 is 1. The third kappa shape index (κ3) is 8.45. The van der Waals surface area contributed by atoms with E-state index in [0.29, 0.717) is 19.3 Å². The number of hydrogen-bond acceptors (Lipinski definition) is 5. The Morgan fingerprint density at radius 1 is 1.19 bits per heavy atom. The predicted octanol–water partition coefficient (Wildman–Crippen LogP) is 3.56. The fraction of sp³-hybridized carbons (Fsp3) is 0.810. The van der Waals surface area contributed by atoms with Crippen LogP contribution < -0.4 is 0 Å². The first kappa shape index (κ1) is 22.8. The van der Waals surface area contributed by atoms with E-state index < -0.39 is 12.2 Å². The molecule has 0 heterocycles. The first-order valence-electron chi connectivity index (χ1n) is 10.1. The summed E-state index contributed by atoms with van der Waals surface area (Å²) in [5.74, 6) is -0.413. The number of rotatable bonds is 13. The Kier molecular flexibility index (Phi) is 11.5. The highest BCUT2D eigenvalue weighted by Gasteiger charge is 2.37. The number of carbonyl (C=O) groups excluding carboxylic acids is 2. The zero-order valence-corrected chi connectivity index (χ0v) is 16.4. The molecule has 0 radical (unpaired) electrons. The van der Waals surface area contributed by atoms with Crippen LogP contribution in [0.1, 0.15) is 77.6 Å². The van der Waals surface area contributed by atoms with Gasteiger partial charge in [-0.2, -0.15) is 0 Å². The zero-order chi connectivity index (χ0) is 19.4. The van der Waals surface area contributed by atoms with Gasteiger partial charge in [0, 0.05) is 18.8 Å². The number of esters is 1. The Balaban J connectivity index is 2.39. The van der Waals surface area contributed by atoms with Crippen LogP contribution in [0.25, 0.3) is 0 Å². The fourth-order valence-corrected chi connectivity index (χ4v) is 3.66. The Morgan fingerprint density at radius 2 is 1.92 bits per heavy atom. The number of hydrogen-bond donors (Lipinski definition) is 2. The van der Waals surface area contributed by atoms with Crippen LogP contribution in [0.4, 0.5) is 0 Å². The normalized spacial score (nSPS) is 22.7. The van der Waals surface area contributed by atoms with Crippen LogP contribution in [0.5, 0.6) is 0 Å². The van der Waals surface area contributed by atoms with E-state index in [1.807, 2.05) is 6.08 Å². The molecule has 0 aliphatic heterocycles. The Hall–Kier alpha value is -1.20. The molecule has 150 valence electrons. The van der Waals surface area contributed by atoms with Gasteiger partial charge < -0.3 is 14.9 Å².